The predicted octanol–water partition coefficient (Wildman–Crippen LogP) is 4.12. The zero-order chi connectivity index (χ0) is 19.3. The maximum absolute atomic E-state index is 12.0. The molecule has 0 unspecified atom stereocenters. The first-order chi connectivity index (χ1) is 13.7. The van der Waals surface area contributed by atoms with Crippen molar-refractivity contribution in [3.05, 3.63) is 65.8 Å². The second kappa shape index (κ2) is 8.26. The number of anilines is 1. The molecule has 0 saturated heterocycles. The number of hydrogen-bond donors (Lipinski definition) is 2. The third-order valence-electron chi connectivity index (χ3n) is 4.09. The average Bonchev–Trinajstić information content (AvgIpc) is 3.31. The Morgan fingerprint density at radius 2 is 2.04 bits per heavy atom. The maximum Gasteiger partial charge on any atom is 0.227 e. The number of carbonyl (C=O) groups excluding carboxylic acids is 1. The van der Waals surface area contributed by atoms with Crippen molar-refractivity contribution in [2.75, 3.05) is 5.32 Å². The Balaban J connectivity index is 1.28. The second-order valence-electron chi connectivity index (χ2n) is 6.37. The summed E-state index contributed by atoms with van der Waals surface area (Å²) in [4.78, 5) is 24.2. The number of benzene rings is 2. The largest absolute Gasteiger partial charge is 0.339 e. The van der Waals surface area contributed by atoms with E-state index in [1.54, 1.807) is 0 Å². The van der Waals surface area contributed by atoms with Crippen molar-refractivity contribution in [2.24, 2.45) is 0 Å². The van der Waals surface area contributed by atoms with E-state index in [0.717, 1.165) is 21.9 Å². The Kier molecular flexibility index (Phi) is 5.38. The first-order valence-electron chi connectivity index (χ1n) is 8.91. The Hall–Kier alpha value is -3.13. The van der Waals surface area contributed by atoms with Crippen molar-refractivity contribution < 1.29 is 9.32 Å². The number of nitrogens with one attached hydrogen (secondary N) is 2. The van der Waals surface area contributed by atoms with Crippen LogP contribution in [0.15, 0.2) is 58.2 Å². The summed E-state index contributed by atoms with van der Waals surface area (Å²) in [7, 11) is 0. The maximum atomic E-state index is 12.0. The van der Waals surface area contributed by atoms with Gasteiger partial charge in [-0.2, -0.15) is 4.98 Å². The highest BCUT2D eigenvalue weighted by Gasteiger charge is 2.11. The van der Waals surface area contributed by atoms with Gasteiger partial charge >= 0.3 is 0 Å². The Labute approximate surface area is 166 Å². The number of aromatic nitrogens is 4. The summed E-state index contributed by atoms with van der Waals surface area (Å²) in [6.45, 7) is 2.05. The fraction of sp³-hybridized carbons (Fsp3) is 0.200. The molecule has 0 radical (unpaired) electrons. The van der Waals surface area contributed by atoms with E-state index in [9.17, 15) is 4.79 Å². The van der Waals surface area contributed by atoms with Crippen molar-refractivity contribution in [3.63, 3.8) is 0 Å². The number of rotatable bonds is 7. The quantitative estimate of drug-likeness (QED) is 0.459. The van der Waals surface area contributed by atoms with Gasteiger partial charge in [0, 0.05) is 18.5 Å². The van der Waals surface area contributed by atoms with E-state index in [0.29, 0.717) is 23.9 Å². The molecule has 0 fully saturated rings. The Morgan fingerprint density at radius 1 is 1.18 bits per heavy atom. The molecule has 142 valence electrons. The van der Waals surface area contributed by atoms with Gasteiger partial charge in [0.2, 0.25) is 11.8 Å². The number of carbonyl (C=O) groups is 1. The Morgan fingerprint density at radius 3 is 2.89 bits per heavy atom. The fourth-order valence-corrected chi connectivity index (χ4v) is 3.45. The molecule has 2 aromatic carbocycles. The number of aromatic amines is 1. The predicted molar refractivity (Wildman–Crippen MR) is 108 cm³/mol. The lowest BCUT2D eigenvalue weighted by molar-refractivity contribution is -0.116. The van der Waals surface area contributed by atoms with Gasteiger partial charge in [-0.05, 0) is 36.8 Å². The third-order valence-corrected chi connectivity index (χ3v) is 4.96. The van der Waals surface area contributed by atoms with Crippen molar-refractivity contribution in [3.8, 4) is 0 Å². The molecular formula is C20H19N5O2S. The molecule has 0 atom stereocenters. The number of fused-ring (bicyclic) bond motifs is 1. The first kappa shape index (κ1) is 18.2. The summed E-state index contributed by atoms with van der Waals surface area (Å²) in [6, 6.07) is 15.5. The summed E-state index contributed by atoms with van der Waals surface area (Å²) in [5.41, 5.74) is 3.91. The molecule has 0 bridgehead atoms. The highest BCUT2D eigenvalue weighted by Crippen LogP contribution is 2.22. The fourth-order valence-electron chi connectivity index (χ4n) is 2.72. The number of amides is 1. The number of imidazole rings is 1. The Bertz CT molecular complexity index is 1090. The minimum atomic E-state index is -0.0853. The van der Waals surface area contributed by atoms with Crippen LogP contribution < -0.4 is 5.32 Å². The highest BCUT2D eigenvalue weighted by atomic mass is 32.2. The molecule has 2 aromatic heterocycles. The molecule has 1 amide bonds. The van der Waals surface area contributed by atoms with Crippen LogP contribution in [0.1, 0.15) is 23.7 Å². The van der Waals surface area contributed by atoms with Crippen LogP contribution >= 0.6 is 11.8 Å². The molecule has 2 N–H and O–H groups in total. The smallest absolute Gasteiger partial charge is 0.227 e. The van der Waals surface area contributed by atoms with E-state index in [2.05, 4.69) is 31.5 Å². The van der Waals surface area contributed by atoms with Crippen molar-refractivity contribution in [2.45, 2.75) is 30.7 Å². The number of nitrogens with zero attached hydrogens (tertiary/aromatic N) is 3. The van der Waals surface area contributed by atoms with Gasteiger partial charge in [0.25, 0.3) is 0 Å². The molecule has 0 aliphatic heterocycles. The first-order valence-corrected chi connectivity index (χ1v) is 9.90. The molecule has 7 nitrogen and oxygen atoms in total. The minimum absolute atomic E-state index is 0.0853. The van der Waals surface area contributed by atoms with Crippen molar-refractivity contribution in [1.82, 2.24) is 20.1 Å². The monoisotopic (exact) mass is 393 g/mol. The van der Waals surface area contributed by atoms with Gasteiger partial charge in [-0.25, -0.2) is 4.98 Å². The molecule has 2 heterocycles. The van der Waals surface area contributed by atoms with Gasteiger partial charge in [-0.3, -0.25) is 4.79 Å². The lowest BCUT2D eigenvalue weighted by Gasteiger charge is -2.02. The van der Waals surface area contributed by atoms with E-state index in [1.807, 2.05) is 49.4 Å². The van der Waals surface area contributed by atoms with Gasteiger partial charge in [0.15, 0.2) is 11.0 Å². The highest BCUT2D eigenvalue weighted by molar-refractivity contribution is 7.98. The van der Waals surface area contributed by atoms with E-state index >= 15 is 0 Å². The minimum Gasteiger partial charge on any atom is -0.339 e. The molecule has 0 saturated carbocycles. The van der Waals surface area contributed by atoms with Gasteiger partial charge < -0.3 is 14.8 Å². The van der Waals surface area contributed by atoms with Crippen molar-refractivity contribution in [1.29, 1.82) is 0 Å². The molecule has 8 heteroatoms. The van der Waals surface area contributed by atoms with Crippen LogP contribution in [0.3, 0.4) is 0 Å². The molecule has 4 rings (SSSR count). The van der Waals surface area contributed by atoms with E-state index in [-0.39, 0.29) is 12.3 Å². The van der Waals surface area contributed by atoms with Crippen LogP contribution in [-0.4, -0.2) is 26.0 Å². The van der Waals surface area contributed by atoms with Crippen LogP contribution in [0.2, 0.25) is 0 Å². The molecule has 0 aliphatic rings. The lowest BCUT2D eigenvalue weighted by Crippen LogP contribution is -2.12. The molecule has 0 aliphatic carbocycles. The summed E-state index contributed by atoms with van der Waals surface area (Å²) in [5.74, 6) is 1.50. The number of para-hydroxylation sites is 1. The normalized spacial score (nSPS) is 11.0. The average molecular weight is 393 g/mol. The summed E-state index contributed by atoms with van der Waals surface area (Å²) < 4.78 is 5.24. The lowest BCUT2D eigenvalue weighted by atomic mass is 10.2. The SMILES string of the molecule is Cc1ccc2nc(SCc3noc(CCC(=O)Nc4ccccc4)n3)[nH]c2c1. The van der Waals surface area contributed by atoms with Crippen molar-refractivity contribution >= 4 is 34.4 Å². The van der Waals surface area contributed by atoms with E-state index in [4.69, 9.17) is 4.52 Å². The zero-order valence-electron chi connectivity index (χ0n) is 15.3. The number of hydrogen-bond acceptors (Lipinski definition) is 6. The van der Waals surface area contributed by atoms with Crippen LogP contribution in [0.25, 0.3) is 11.0 Å². The molecule has 4 aromatic rings. The van der Waals surface area contributed by atoms with Gasteiger partial charge in [0.1, 0.15) is 0 Å². The summed E-state index contributed by atoms with van der Waals surface area (Å²) >= 11 is 1.51. The van der Waals surface area contributed by atoms with Crippen LogP contribution in [0.4, 0.5) is 5.69 Å². The number of aryl methyl sites for hydroxylation is 2. The summed E-state index contributed by atoms with van der Waals surface area (Å²) in [6.07, 6.45) is 0.687. The third kappa shape index (κ3) is 4.58. The zero-order valence-corrected chi connectivity index (χ0v) is 16.1. The van der Waals surface area contributed by atoms with Crippen LogP contribution in [0.5, 0.6) is 0 Å². The number of thioether (sulfide) groups is 1. The molecule has 28 heavy (non-hydrogen) atoms. The molecular weight excluding hydrogens is 374 g/mol. The van der Waals surface area contributed by atoms with Crippen LogP contribution in [-0.2, 0) is 17.0 Å². The van der Waals surface area contributed by atoms with Gasteiger partial charge in [-0.15, -0.1) is 0 Å². The molecule has 0 spiro atoms. The summed E-state index contributed by atoms with van der Waals surface area (Å²) in [5, 5.41) is 7.63. The van der Waals surface area contributed by atoms with E-state index in [1.165, 1.54) is 17.3 Å². The topological polar surface area (TPSA) is 96.7 Å². The van der Waals surface area contributed by atoms with Crippen LogP contribution in [0, 0.1) is 6.92 Å². The van der Waals surface area contributed by atoms with Gasteiger partial charge in [0.05, 0.1) is 16.8 Å². The second-order valence-corrected chi connectivity index (χ2v) is 7.33. The van der Waals surface area contributed by atoms with Gasteiger partial charge in [-0.1, -0.05) is 41.2 Å². The van der Waals surface area contributed by atoms with E-state index < -0.39 is 0 Å². The standard InChI is InChI=1S/C20H19N5O2S/c1-13-7-8-15-16(11-13)23-20(22-15)28-12-17-24-19(27-25-17)10-9-18(26)21-14-5-3-2-4-6-14/h2-8,11H,9-10,12H2,1H3,(H,21,26)(H,22,23). The number of H-pyrrole nitrogens is 1.